The number of hydrogen-bond donors (Lipinski definition) is 2. The molecule has 0 amide bonds. The molecule has 1 aromatic carbocycles. The van der Waals surface area contributed by atoms with E-state index < -0.39 is 0 Å². The molecule has 4 atom stereocenters. The average Bonchev–Trinajstić information content (AvgIpc) is 3.17. The fraction of sp³-hybridized carbons (Fsp3) is 0.500. The van der Waals surface area contributed by atoms with Crippen LogP contribution in [0.15, 0.2) is 33.5 Å². The van der Waals surface area contributed by atoms with Gasteiger partial charge in [-0.3, -0.25) is 0 Å². The van der Waals surface area contributed by atoms with Gasteiger partial charge in [0.25, 0.3) is 0 Å². The summed E-state index contributed by atoms with van der Waals surface area (Å²) in [7, 11) is 0. The molecule has 0 radical (unpaired) electrons. The summed E-state index contributed by atoms with van der Waals surface area (Å²) in [4.78, 5) is 11.6. The van der Waals surface area contributed by atoms with Gasteiger partial charge in [-0.05, 0) is 80.8 Å². The lowest BCUT2D eigenvalue weighted by atomic mass is 9.84. The highest BCUT2D eigenvalue weighted by Gasteiger charge is 2.41. The van der Waals surface area contributed by atoms with E-state index in [2.05, 4.69) is 17.6 Å². The molecular weight excluding hydrogens is 332 g/mol. The maximum Gasteiger partial charge on any atom is 0.336 e. The molecular formula is C20H24N2O2S. The van der Waals surface area contributed by atoms with Crippen LogP contribution in [0.5, 0.6) is 0 Å². The first kappa shape index (κ1) is 16.6. The first-order valence-electron chi connectivity index (χ1n) is 9.11. The summed E-state index contributed by atoms with van der Waals surface area (Å²) in [6.07, 6.45) is 5.53. The molecule has 2 bridgehead atoms. The zero-order valence-corrected chi connectivity index (χ0v) is 15.5. The first-order valence-corrected chi connectivity index (χ1v) is 9.52. The predicted octanol–water partition coefficient (Wildman–Crippen LogP) is 4.21. The number of anilines is 1. The molecule has 2 fully saturated rings. The Bertz CT molecular complexity index is 876. The number of thiocarbonyl (C=S) groups is 1. The Morgan fingerprint density at radius 3 is 2.84 bits per heavy atom. The van der Waals surface area contributed by atoms with Crippen molar-refractivity contribution >= 4 is 34.0 Å². The standard InChI is InChI=1S/C20H24N2O2S/c1-11-7-19(23)24-18-10-15(5-6-16(11)18)22-20(25)21-12(2)17-9-13-3-4-14(17)8-13/h5-7,10,12-14,17H,3-4,8-9H2,1-2H3,(H2,21,22,25)/t12-,13-,14-,17+/m1/s1. The van der Waals surface area contributed by atoms with Gasteiger partial charge in [-0.15, -0.1) is 0 Å². The van der Waals surface area contributed by atoms with Crippen LogP contribution in [0.4, 0.5) is 5.69 Å². The molecule has 0 unspecified atom stereocenters. The van der Waals surface area contributed by atoms with Gasteiger partial charge in [0.1, 0.15) is 5.58 Å². The van der Waals surface area contributed by atoms with Crippen LogP contribution in [0.1, 0.15) is 38.2 Å². The van der Waals surface area contributed by atoms with Crippen molar-refractivity contribution in [3.05, 3.63) is 40.2 Å². The lowest BCUT2D eigenvalue weighted by Crippen LogP contribution is -2.42. The third kappa shape index (κ3) is 3.30. The van der Waals surface area contributed by atoms with Crippen molar-refractivity contribution < 1.29 is 4.42 Å². The fourth-order valence-corrected chi connectivity index (χ4v) is 5.09. The number of fused-ring (bicyclic) bond motifs is 3. The largest absolute Gasteiger partial charge is 0.423 e. The summed E-state index contributed by atoms with van der Waals surface area (Å²) in [5.74, 6) is 2.54. The van der Waals surface area contributed by atoms with Gasteiger partial charge in [0, 0.05) is 29.2 Å². The minimum atomic E-state index is -0.326. The number of benzene rings is 1. The van der Waals surface area contributed by atoms with Gasteiger partial charge in [0.2, 0.25) is 0 Å². The van der Waals surface area contributed by atoms with Crippen molar-refractivity contribution in [3.63, 3.8) is 0 Å². The first-order chi connectivity index (χ1) is 12.0. The molecule has 0 saturated heterocycles. The number of nitrogens with one attached hydrogen (secondary N) is 2. The van der Waals surface area contributed by atoms with Gasteiger partial charge < -0.3 is 15.1 Å². The molecule has 4 nitrogen and oxygen atoms in total. The van der Waals surface area contributed by atoms with Crippen molar-refractivity contribution in [2.45, 2.75) is 45.6 Å². The molecule has 0 aliphatic heterocycles. The van der Waals surface area contributed by atoms with Gasteiger partial charge in [0.05, 0.1) is 0 Å². The molecule has 2 aromatic rings. The Hall–Kier alpha value is -1.88. The molecule has 2 N–H and O–H groups in total. The Morgan fingerprint density at radius 1 is 1.28 bits per heavy atom. The van der Waals surface area contributed by atoms with Gasteiger partial charge in [-0.2, -0.15) is 0 Å². The van der Waals surface area contributed by atoms with E-state index in [1.807, 2.05) is 25.1 Å². The molecule has 132 valence electrons. The SMILES string of the molecule is Cc1cc(=O)oc2cc(NC(=S)N[C@H](C)[C@@H]3C[C@@H]4CC[C@@H]3C4)ccc12. The lowest BCUT2D eigenvalue weighted by molar-refractivity contribution is 0.279. The Labute approximate surface area is 153 Å². The van der Waals surface area contributed by atoms with E-state index in [0.717, 1.165) is 34.4 Å². The highest BCUT2D eigenvalue weighted by atomic mass is 32.1. The van der Waals surface area contributed by atoms with Crippen LogP contribution in [-0.4, -0.2) is 11.2 Å². The van der Waals surface area contributed by atoms with Crippen molar-refractivity contribution in [2.24, 2.45) is 17.8 Å². The van der Waals surface area contributed by atoms with E-state index >= 15 is 0 Å². The van der Waals surface area contributed by atoms with E-state index in [-0.39, 0.29) is 5.63 Å². The van der Waals surface area contributed by atoms with Crippen molar-refractivity contribution in [1.29, 1.82) is 0 Å². The Balaban J connectivity index is 1.44. The fourth-order valence-electron chi connectivity index (χ4n) is 4.79. The molecule has 2 aliphatic rings. The third-order valence-corrected chi connectivity index (χ3v) is 6.22. The monoisotopic (exact) mass is 356 g/mol. The van der Waals surface area contributed by atoms with Crippen LogP contribution in [0.25, 0.3) is 11.0 Å². The average molecular weight is 356 g/mol. The van der Waals surface area contributed by atoms with E-state index in [0.29, 0.717) is 16.7 Å². The second kappa shape index (κ2) is 6.45. The van der Waals surface area contributed by atoms with Crippen LogP contribution >= 0.6 is 12.2 Å². The van der Waals surface area contributed by atoms with Crippen LogP contribution in [0.3, 0.4) is 0 Å². The summed E-state index contributed by atoms with van der Waals surface area (Å²) in [5.41, 5.74) is 2.01. The summed E-state index contributed by atoms with van der Waals surface area (Å²) >= 11 is 5.49. The molecule has 2 saturated carbocycles. The van der Waals surface area contributed by atoms with Crippen LogP contribution < -0.4 is 16.3 Å². The van der Waals surface area contributed by atoms with Gasteiger partial charge in [-0.1, -0.05) is 6.42 Å². The molecule has 0 spiro atoms. The summed E-state index contributed by atoms with van der Waals surface area (Å²) in [5, 5.41) is 8.26. The van der Waals surface area contributed by atoms with Crippen molar-refractivity contribution in [1.82, 2.24) is 5.32 Å². The van der Waals surface area contributed by atoms with E-state index in [9.17, 15) is 4.79 Å². The molecule has 4 rings (SSSR count). The Morgan fingerprint density at radius 2 is 2.12 bits per heavy atom. The van der Waals surface area contributed by atoms with Crippen molar-refractivity contribution in [2.75, 3.05) is 5.32 Å². The number of aryl methyl sites for hydroxylation is 1. The zero-order valence-electron chi connectivity index (χ0n) is 14.7. The normalized spacial score (nSPS) is 25.9. The maximum absolute atomic E-state index is 11.6. The van der Waals surface area contributed by atoms with E-state index in [1.54, 1.807) is 0 Å². The maximum atomic E-state index is 11.6. The highest BCUT2D eigenvalue weighted by Crippen LogP contribution is 2.49. The van der Waals surface area contributed by atoms with Crippen molar-refractivity contribution in [3.8, 4) is 0 Å². The lowest BCUT2D eigenvalue weighted by Gasteiger charge is -2.29. The molecule has 5 heteroatoms. The smallest absolute Gasteiger partial charge is 0.336 e. The van der Waals surface area contributed by atoms with E-state index in [1.165, 1.54) is 31.7 Å². The quantitative estimate of drug-likeness (QED) is 0.637. The highest BCUT2D eigenvalue weighted by molar-refractivity contribution is 7.80. The Kier molecular flexibility index (Phi) is 4.28. The zero-order chi connectivity index (χ0) is 17.6. The predicted molar refractivity (Wildman–Crippen MR) is 105 cm³/mol. The van der Waals surface area contributed by atoms with Crippen LogP contribution in [0, 0.1) is 24.7 Å². The van der Waals surface area contributed by atoms with Gasteiger partial charge in [-0.25, -0.2) is 4.79 Å². The minimum Gasteiger partial charge on any atom is -0.423 e. The molecule has 1 heterocycles. The molecule has 2 aliphatic carbocycles. The topological polar surface area (TPSA) is 54.3 Å². The third-order valence-electron chi connectivity index (χ3n) is 6.00. The van der Waals surface area contributed by atoms with Gasteiger partial charge >= 0.3 is 5.63 Å². The molecule has 1 aromatic heterocycles. The van der Waals surface area contributed by atoms with Crippen LogP contribution in [0.2, 0.25) is 0 Å². The molecule has 25 heavy (non-hydrogen) atoms. The number of rotatable bonds is 3. The van der Waals surface area contributed by atoms with Crippen LogP contribution in [-0.2, 0) is 0 Å². The van der Waals surface area contributed by atoms with E-state index in [4.69, 9.17) is 16.6 Å². The van der Waals surface area contributed by atoms with Gasteiger partial charge in [0.15, 0.2) is 5.11 Å². The number of hydrogen-bond acceptors (Lipinski definition) is 3. The summed E-state index contributed by atoms with van der Waals surface area (Å²) < 4.78 is 5.30. The second-order valence-electron chi connectivity index (χ2n) is 7.69. The summed E-state index contributed by atoms with van der Waals surface area (Å²) in [6.45, 7) is 4.15. The second-order valence-corrected chi connectivity index (χ2v) is 8.09. The summed E-state index contributed by atoms with van der Waals surface area (Å²) in [6, 6.07) is 7.65. The minimum absolute atomic E-state index is 0.326.